The molecule has 13 heteroatoms. The van der Waals surface area contributed by atoms with E-state index in [2.05, 4.69) is 11.5 Å². The van der Waals surface area contributed by atoms with Gasteiger partial charge in [0.15, 0.2) is 0 Å². The Hall–Kier alpha value is -2.77. The Kier molecular flexibility index (Phi) is 16.5. The van der Waals surface area contributed by atoms with Gasteiger partial charge in [-0.2, -0.15) is 0 Å². The minimum absolute atomic E-state index is 0.0213. The first-order chi connectivity index (χ1) is 10.8. The Morgan fingerprint density at radius 3 is 1.33 bits per heavy atom. The lowest BCUT2D eigenvalue weighted by Gasteiger charge is -2.01. The first-order valence-corrected chi connectivity index (χ1v) is 6.30. The van der Waals surface area contributed by atoms with Crippen molar-refractivity contribution in [2.45, 2.75) is 31.3 Å². The van der Waals surface area contributed by atoms with Crippen molar-refractivity contribution in [1.29, 1.82) is 0 Å². The van der Waals surface area contributed by atoms with Gasteiger partial charge in [0.1, 0.15) is 12.1 Å². The van der Waals surface area contributed by atoms with Crippen LogP contribution >= 0.6 is 0 Å². The van der Waals surface area contributed by atoms with E-state index in [1.807, 2.05) is 0 Å². The van der Waals surface area contributed by atoms with Gasteiger partial charge in [-0.25, -0.2) is 0 Å². The summed E-state index contributed by atoms with van der Waals surface area (Å²) in [7, 11) is 0. The van der Waals surface area contributed by atoms with E-state index in [0.717, 1.165) is 0 Å². The first-order valence-electron chi connectivity index (χ1n) is 6.30. The molecule has 0 aliphatic carbocycles. The number of carboxylic acids is 3. The number of rotatable bonds is 8. The van der Waals surface area contributed by atoms with E-state index < -0.39 is 41.8 Å². The normalized spacial score (nSPS) is 11.5. The maximum absolute atomic E-state index is 10.1. The fourth-order valence-corrected chi connectivity index (χ4v) is 0.725. The summed E-state index contributed by atoms with van der Waals surface area (Å²) < 4.78 is 0. The molecule has 0 aromatic rings. The molecule has 140 valence electrons. The van der Waals surface area contributed by atoms with Crippen LogP contribution in [0.15, 0.2) is 0 Å². The number of hydrogen-bond donors (Lipinski definition) is 8. The highest BCUT2D eigenvalue weighted by Crippen LogP contribution is 1.92. The molecule has 2 amide bonds. The molecule has 0 aromatic carbocycles. The van der Waals surface area contributed by atoms with Crippen molar-refractivity contribution < 1.29 is 39.3 Å². The summed E-state index contributed by atoms with van der Waals surface area (Å²) in [6, 6.07) is -2.14. The van der Waals surface area contributed by atoms with Crippen molar-refractivity contribution in [3.8, 4) is 0 Å². The molecule has 0 unspecified atom stereocenters. The molecule has 0 aromatic heterocycles. The molecule has 0 saturated heterocycles. The predicted octanol–water partition coefficient (Wildman–Crippen LogP) is -4.03. The quantitative estimate of drug-likeness (QED) is 0.208. The Morgan fingerprint density at radius 2 is 1.17 bits per heavy atom. The minimum atomic E-state index is -1.21. The summed E-state index contributed by atoms with van der Waals surface area (Å²) in [6.45, 7) is -0.278. The van der Waals surface area contributed by atoms with Crippen molar-refractivity contribution in [2.75, 3.05) is 6.54 Å². The van der Waals surface area contributed by atoms with Crippen molar-refractivity contribution in [3.63, 3.8) is 0 Å². The first kappa shape index (κ1) is 26.1. The summed E-state index contributed by atoms with van der Waals surface area (Å²) in [5.74, 6) is -4.53. The van der Waals surface area contributed by atoms with Crippen LogP contribution in [0.1, 0.15) is 19.3 Å². The number of nitrogens with two attached hydrogens (primary N) is 5. The van der Waals surface area contributed by atoms with Gasteiger partial charge in [0.05, 0.1) is 13.0 Å². The van der Waals surface area contributed by atoms with Crippen LogP contribution in [-0.4, -0.2) is 63.7 Å². The Balaban J connectivity index is -0.000000291. The zero-order chi connectivity index (χ0) is 19.9. The lowest BCUT2D eigenvalue weighted by Crippen LogP contribution is -2.34. The summed E-state index contributed by atoms with van der Waals surface area (Å²) in [5.41, 5.74) is 23.9. The molecule has 0 heterocycles. The highest BCUT2D eigenvalue weighted by atomic mass is 16.4. The molecule has 0 spiro atoms. The third-order valence-corrected chi connectivity index (χ3v) is 1.93. The zero-order valence-electron chi connectivity index (χ0n) is 12.8. The maximum Gasteiger partial charge on any atom is 0.321 e. The molecule has 0 fully saturated rings. The van der Waals surface area contributed by atoms with Crippen LogP contribution < -0.4 is 28.7 Å². The number of primary amides is 2. The number of hydrogen-bond acceptors (Lipinski definition) is 8. The molecule has 0 aliphatic heterocycles. The number of carboxylic acid groups (broad SMARTS) is 3. The minimum Gasteiger partial charge on any atom is -0.480 e. The molecule has 13 nitrogen and oxygen atoms in total. The summed E-state index contributed by atoms with van der Waals surface area (Å²) in [4.78, 5) is 49.3. The Morgan fingerprint density at radius 1 is 0.792 bits per heavy atom. The zero-order valence-corrected chi connectivity index (χ0v) is 12.8. The van der Waals surface area contributed by atoms with Gasteiger partial charge < -0.3 is 44.0 Å². The van der Waals surface area contributed by atoms with Crippen molar-refractivity contribution in [2.24, 2.45) is 28.7 Å². The monoisotopic (exact) mass is 353 g/mol. The predicted molar refractivity (Wildman–Crippen MR) is 80.2 cm³/mol. The van der Waals surface area contributed by atoms with E-state index >= 15 is 0 Å². The van der Waals surface area contributed by atoms with Crippen LogP contribution in [0.3, 0.4) is 0 Å². The third-order valence-electron chi connectivity index (χ3n) is 1.93. The smallest absolute Gasteiger partial charge is 0.321 e. The fourth-order valence-electron chi connectivity index (χ4n) is 0.725. The van der Waals surface area contributed by atoms with Gasteiger partial charge in [-0.05, 0) is 6.42 Å². The molecule has 0 aliphatic rings. The van der Waals surface area contributed by atoms with Crippen LogP contribution in [0.25, 0.3) is 0 Å². The molecular weight excluding hydrogens is 330 g/mol. The van der Waals surface area contributed by atoms with E-state index in [0.29, 0.717) is 0 Å². The fraction of sp³-hybridized carbons (Fsp3) is 0.545. The topological polar surface area (TPSA) is 276 Å². The van der Waals surface area contributed by atoms with Crippen LogP contribution in [0, 0.1) is 0 Å². The van der Waals surface area contributed by atoms with Crippen molar-refractivity contribution in [1.82, 2.24) is 0 Å². The Bertz CT molecular complexity index is 442. The van der Waals surface area contributed by atoms with Gasteiger partial charge in [0.2, 0.25) is 11.8 Å². The highest BCUT2D eigenvalue weighted by molar-refractivity contribution is 5.83. The highest BCUT2D eigenvalue weighted by Gasteiger charge is 2.13. The lowest BCUT2D eigenvalue weighted by molar-refractivity contribution is -0.140. The van der Waals surface area contributed by atoms with E-state index in [9.17, 15) is 24.0 Å². The van der Waals surface area contributed by atoms with Gasteiger partial charge in [-0.15, -0.1) is 0 Å². The summed E-state index contributed by atoms with van der Waals surface area (Å²) in [6.07, 6.45) is -0.187. The molecular formula is C11H23N5O8. The van der Waals surface area contributed by atoms with Crippen LogP contribution in [-0.2, 0) is 24.0 Å². The van der Waals surface area contributed by atoms with E-state index in [-0.39, 0.29) is 25.8 Å². The van der Waals surface area contributed by atoms with Gasteiger partial charge in [-0.3, -0.25) is 24.0 Å². The third kappa shape index (κ3) is 24.3. The number of carbonyl (C=O) groups excluding carboxylic acids is 2. The van der Waals surface area contributed by atoms with Gasteiger partial charge in [0.25, 0.3) is 0 Å². The Labute approximate surface area is 136 Å². The molecule has 13 N–H and O–H groups in total. The van der Waals surface area contributed by atoms with Gasteiger partial charge >= 0.3 is 17.9 Å². The maximum atomic E-state index is 10.1. The summed E-state index contributed by atoms with van der Waals surface area (Å²) >= 11 is 0. The van der Waals surface area contributed by atoms with E-state index in [1.54, 1.807) is 0 Å². The van der Waals surface area contributed by atoms with Crippen LogP contribution in [0.5, 0.6) is 0 Å². The molecule has 0 radical (unpaired) electrons. The molecule has 24 heavy (non-hydrogen) atoms. The van der Waals surface area contributed by atoms with Crippen LogP contribution in [0.2, 0.25) is 0 Å². The molecule has 0 rings (SSSR count). The van der Waals surface area contributed by atoms with E-state index in [4.69, 9.17) is 32.5 Å². The number of amides is 2. The lowest BCUT2D eigenvalue weighted by atomic mass is 10.2. The van der Waals surface area contributed by atoms with E-state index in [1.165, 1.54) is 0 Å². The molecule has 0 bridgehead atoms. The summed E-state index contributed by atoms with van der Waals surface area (Å²) in [5, 5.41) is 23.9. The van der Waals surface area contributed by atoms with Crippen molar-refractivity contribution in [3.05, 3.63) is 0 Å². The van der Waals surface area contributed by atoms with Gasteiger partial charge in [-0.1, -0.05) is 0 Å². The SMILES string of the molecule is NC(=O)CC[C@H](N)C(=O)O.NC(=O)C[C@H](N)C(=O)O.NCC(=O)O. The van der Waals surface area contributed by atoms with Gasteiger partial charge in [0, 0.05) is 6.42 Å². The largest absolute Gasteiger partial charge is 0.480 e. The second-order valence-corrected chi connectivity index (χ2v) is 4.16. The standard InChI is InChI=1S/C5H10N2O3.C4H8N2O3.C2H5NO2/c6-3(5(9)10)1-2-4(7)8;5-2(4(8)9)1-3(6)7;3-1-2(4)5/h3H,1-2,6H2,(H2,7,8)(H,9,10);2H,1,5H2,(H2,6,7)(H,8,9);1,3H2,(H,4,5)/t3-;2-;/m00./s1. The average Bonchev–Trinajstić information content (AvgIpc) is 2.44. The number of aliphatic carboxylic acids is 3. The average molecular weight is 353 g/mol. The van der Waals surface area contributed by atoms with Crippen LogP contribution in [0.4, 0.5) is 0 Å². The second kappa shape index (κ2) is 15.1. The van der Waals surface area contributed by atoms with Crippen molar-refractivity contribution >= 4 is 29.7 Å². The molecule has 0 saturated carbocycles. The molecule has 2 atom stereocenters. The second-order valence-electron chi connectivity index (χ2n) is 4.16. The number of carbonyl (C=O) groups is 5.